The van der Waals surface area contributed by atoms with Crippen LogP contribution in [0.25, 0.3) is 6.08 Å². The Morgan fingerprint density at radius 3 is 2.69 bits per heavy atom. The number of carbonyl (C=O) groups excluding carboxylic acids is 3. The molecule has 132 valence electrons. The lowest BCUT2D eigenvalue weighted by Gasteiger charge is -2.13. The van der Waals surface area contributed by atoms with Crippen LogP contribution in [0.4, 0.5) is 10.5 Å². The van der Waals surface area contributed by atoms with Gasteiger partial charge in [0.15, 0.2) is 0 Å². The number of para-hydroxylation sites is 1. The summed E-state index contributed by atoms with van der Waals surface area (Å²) in [6, 6.07) is 14.0. The lowest BCUT2D eigenvalue weighted by Crippen LogP contribution is -2.38. The number of nitrogens with zero attached hydrogens (tertiary/aromatic N) is 1. The third-order valence-electron chi connectivity index (χ3n) is 3.84. The molecule has 7 heteroatoms. The van der Waals surface area contributed by atoms with E-state index in [0.717, 1.165) is 20.5 Å². The van der Waals surface area contributed by atoms with Crippen molar-refractivity contribution < 1.29 is 14.4 Å². The maximum absolute atomic E-state index is 12.4. The van der Waals surface area contributed by atoms with Gasteiger partial charge in [-0.1, -0.05) is 46.3 Å². The molecule has 1 saturated heterocycles. The second kappa shape index (κ2) is 7.53. The molecule has 0 aliphatic carbocycles. The molecular formula is C19H16BrN3O3. The van der Waals surface area contributed by atoms with Crippen molar-refractivity contribution in [1.82, 2.24) is 10.2 Å². The molecule has 0 radical (unpaired) electrons. The molecule has 2 aromatic rings. The van der Waals surface area contributed by atoms with Gasteiger partial charge in [0.05, 0.1) is 0 Å². The van der Waals surface area contributed by atoms with Gasteiger partial charge in [-0.2, -0.15) is 0 Å². The van der Waals surface area contributed by atoms with E-state index in [1.54, 1.807) is 18.2 Å². The minimum absolute atomic E-state index is 0.136. The highest BCUT2D eigenvalue weighted by molar-refractivity contribution is 9.10. The van der Waals surface area contributed by atoms with Gasteiger partial charge in [0.25, 0.3) is 5.91 Å². The molecule has 3 rings (SSSR count). The van der Waals surface area contributed by atoms with E-state index in [4.69, 9.17) is 0 Å². The molecule has 4 amide bonds. The number of rotatable bonds is 4. The van der Waals surface area contributed by atoms with E-state index in [1.165, 1.54) is 0 Å². The fourth-order valence-corrected chi connectivity index (χ4v) is 2.94. The lowest BCUT2D eigenvalue weighted by atomic mass is 10.2. The summed E-state index contributed by atoms with van der Waals surface area (Å²) in [4.78, 5) is 37.6. The molecule has 1 fully saturated rings. The molecule has 26 heavy (non-hydrogen) atoms. The number of aryl methyl sites for hydroxylation is 1. The van der Waals surface area contributed by atoms with Gasteiger partial charge in [0, 0.05) is 10.2 Å². The predicted molar refractivity (Wildman–Crippen MR) is 102 cm³/mol. The van der Waals surface area contributed by atoms with Crippen LogP contribution >= 0.6 is 15.9 Å². The summed E-state index contributed by atoms with van der Waals surface area (Å²) in [5.41, 5.74) is 2.44. The van der Waals surface area contributed by atoms with Crippen LogP contribution in [-0.4, -0.2) is 29.3 Å². The Labute approximate surface area is 159 Å². The fourth-order valence-electron chi connectivity index (χ4n) is 2.52. The molecule has 0 aromatic heterocycles. The van der Waals surface area contributed by atoms with E-state index in [0.29, 0.717) is 5.69 Å². The molecule has 1 heterocycles. The van der Waals surface area contributed by atoms with Gasteiger partial charge in [-0.25, -0.2) is 9.69 Å². The highest BCUT2D eigenvalue weighted by Crippen LogP contribution is 2.18. The smallest absolute Gasteiger partial charge is 0.324 e. The number of halogens is 1. The first-order valence-corrected chi connectivity index (χ1v) is 8.69. The molecule has 2 aromatic carbocycles. The number of amides is 4. The second-order valence-electron chi connectivity index (χ2n) is 5.80. The first-order chi connectivity index (χ1) is 12.4. The summed E-state index contributed by atoms with van der Waals surface area (Å²) in [5.74, 6) is -0.971. The van der Waals surface area contributed by atoms with Gasteiger partial charge in [-0.3, -0.25) is 9.59 Å². The van der Waals surface area contributed by atoms with Crippen molar-refractivity contribution >= 4 is 45.5 Å². The summed E-state index contributed by atoms with van der Waals surface area (Å²) < 4.78 is 0.859. The van der Waals surface area contributed by atoms with Crippen molar-refractivity contribution in [2.24, 2.45) is 0 Å². The Morgan fingerprint density at radius 1 is 1.19 bits per heavy atom. The summed E-state index contributed by atoms with van der Waals surface area (Å²) in [7, 11) is 0. The second-order valence-corrected chi connectivity index (χ2v) is 6.71. The number of nitrogens with one attached hydrogen (secondary N) is 2. The van der Waals surface area contributed by atoms with Gasteiger partial charge >= 0.3 is 6.03 Å². The Morgan fingerprint density at radius 2 is 1.96 bits per heavy atom. The van der Waals surface area contributed by atoms with Crippen LogP contribution < -0.4 is 10.6 Å². The van der Waals surface area contributed by atoms with Gasteiger partial charge in [0.2, 0.25) is 5.91 Å². The highest BCUT2D eigenvalue weighted by atomic mass is 79.9. The van der Waals surface area contributed by atoms with Crippen molar-refractivity contribution in [2.45, 2.75) is 6.92 Å². The largest absolute Gasteiger partial charge is 0.329 e. The topological polar surface area (TPSA) is 78.5 Å². The standard InChI is InChI=1S/C19H16BrN3O3/c1-12-5-2-3-8-15(12)21-17(24)11-23-18(25)16(22-19(23)26)10-13-6-4-7-14(20)9-13/h2-10H,11H2,1H3,(H,21,24)(H,22,26)/b16-10-. The summed E-state index contributed by atoms with van der Waals surface area (Å²) >= 11 is 3.36. The normalized spacial score (nSPS) is 15.3. The Kier molecular flexibility index (Phi) is 5.18. The van der Waals surface area contributed by atoms with Crippen molar-refractivity contribution in [1.29, 1.82) is 0 Å². The van der Waals surface area contributed by atoms with Crippen LogP contribution in [-0.2, 0) is 9.59 Å². The van der Waals surface area contributed by atoms with Crippen molar-refractivity contribution in [3.05, 3.63) is 69.8 Å². The molecule has 0 saturated carbocycles. The molecule has 1 aliphatic heterocycles. The first-order valence-electron chi connectivity index (χ1n) is 7.89. The van der Waals surface area contributed by atoms with Gasteiger partial charge in [-0.15, -0.1) is 0 Å². The highest BCUT2D eigenvalue weighted by Gasteiger charge is 2.34. The molecule has 6 nitrogen and oxygen atoms in total. The maximum atomic E-state index is 12.4. The van der Waals surface area contributed by atoms with Crippen molar-refractivity contribution in [3.63, 3.8) is 0 Å². The third kappa shape index (κ3) is 4.00. The van der Waals surface area contributed by atoms with Crippen LogP contribution in [0.15, 0.2) is 58.7 Å². The van der Waals surface area contributed by atoms with Crippen molar-refractivity contribution in [3.8, 4) is 0 Å². The van der Waals surface area contributed by atoms with Crippen LogP contribution in [0.3, 0.4) is 0 Å². The first kappa shape index (κ1) is 17.9. The molecule has 0 atom stereocenters. The molecule has 0 bridgehead atoms. The summed E-state index contributed by atoms with van der Waals surface area (Å²) in [6.45, 7) is 1.51. The number of urea groups is 1. The average molecular weight is 414 g/mol. The lowest BCUT2D eigenvalue weighted by molar-refractivity contribution is -0.127. The monoisotopic (exact) mass is 413 g/mol. The van der Waals surface area contributed by atoms with Gasteiger partial charge in [-0.05, 0) is 42.3 Å². The number of benzene rings is 2. The van der Waals surface area contributed by atoms with Gasteiger partial charge in [0.1, 0.15) is 12.2 Å². The number of hydrogen-bond acceptors (Lipinski definition) is 3. The Bertz CT molecular complexity index is 924. The van der Waals surface area contributed by atoms with E-state index < -0.39 is 17.8 Å². The Hall–Kier alpha value is -2.93. The van der Waals surface area contributed by atoms with E-state index in [1.807, 2.05) is 43.3 Å². The average Bonchev–Trinajstić information content (AvgIpc) is 2.84. The predicted octanol–water partition coefficient (Wildman–Crippen LogP) is 3.29. The SMILES string of the molecule is Cc1ccccc1NC(=O)CN1C(=O)N/C(=C\c2cccc(Br)c2)C1=O. The minimum Gasteiger partial charge on any atom is -0.324 e. The fraction of sp³-hybridized carbons (Fsp3) is 0.105. The molecular weight excluding hydrogens is 398 g/mol. The van der Waals surface area contributed by atoms with Crippen LogP contribution in [0.5, 0.6) is 0 Å². The Balaban J connectivity index is 1.71. The van der Waals surface area contributed by atoms with Crippen LogP contribution in [0, 0.1) is 6.92 Å². The number of imide groups is 1. The molecule has 0 unspecified atom stereocenters. The number of carbonyl (C=O) groups is 3. The summed E-state index contributed by atoms with van der Waals surface area (Å²) in [6.07, 6.45) is 1.57. The van der Waals surface area contributed by atoms with E-state index in [2.05, 4.69) is 26.6 Å². The third-order valence-corrected chi connectivity index (χ3v) is 4.34. The van der Waals surface area contributed by atoms with Crippen LogP contribution in [0.1, 0.15) is 11.1 Å². The zero-order valence-electron chi connectivity index (χ0n) is 14.0. The van der Waals surface area contributed by atoms with E-state index >= 15 is 0 Å². The quantitative estimate of drug-likeness (QED) is 0.596. The van der Waals surface area contributed by atoms with Gasteiger partial charge < -0.3 is 10.6 Å². The minimum atomic E-state index is -0.615. The maximum Gasteiger partial charge on any atom is 0.329 e. The number of hydrogen-bond donors (Lipinski definition) is 2. The zero-order valence-corrected chi connectivity index (χ0v) is 15.5. The van der Waals surface area contributed by atoms with Crippen LogP contribution in [0.2, 0.25) is 0 Å². The van der Waals surface area contributed by atoms with Crippen molar-refractivity contribution in [2.75, 3.05) is 11.9 Å². The van der Waals surface area contributed by atoms with E-state index in [9.17, 15) is 14.4 Å². The summed E-state index contributed by atoms with van der Waals surface area (Å²) in [5, 5.41) is 5.22. The molecule has 1 aliphatic rings. The zero-order chi connectivity index (χ0) is 18.7. The number of anilines is 1. The molecule has 2 N–H and O–H groups in total. The van der Waals surface area contributed by atoms with E-state index in [-0.39, 0.29) is 12.2 Å². The molecule has 0 spiro atoms.